The van der Waals surface area contributed by atoms with Crippen LogP contribution in [0.25, 0.3) is 6.08 Å². The molecule has 0 aromatic heterocycles. The van der Waals surface area contributed by atoms with Gasteiger partial charge in [-0.3, -0.25) is 14.4 Å². The lowest BCUT2D eigenvalue weighted by Gasteiger charge is -2.09. The first-order chi connectivity index (χ1) is 10.9. The van der Waals surface area contributed by atoms with Crippen LogP contribution in [0, 0.1) is 12.3 Å². The van der Waals surface area contributed by atoms with Gasteiger partial charge >= 0.3 is 11.9 Å². The molecule has 0 aliphatic rings. The molecule has 0 fully saturated rings. The summed E-state index contributed by atoms with van der Waals surface area (Å²) < 4.78 is 9.95. The van der Waals surface area contributed by atoms with Gasteiger partial charge in [0, 0.05) is 32.9 Å². The molecule has 6 heteroatoms. The summed E-state index contributed by atoms with van der Waals surface area (Å²) >= 11 is 0. The molecule has 0 radical (unpaired) electrons. The molecule has 0 unspecified atom stereocenters. The molecule has 0 saturated carbocycles. The maximum Gasteiger partial charge on any atom is 0.308 e. The molecule has 0 aliphatic heterocycles. The van der Waals surface area contributed by atoms with E-state index in [1.807, 2.05) is 0 Å². The van der Waals surface area contributed by atoms with Crippen LogP contribution in [0.4, 0.5) is 0 Å². The topological polar surface area (TPSA) is 81.7 Å². The maximum absolute atomic E-state index is 11.5. The molecule has 1 rings (SSSR count). The SMILES string of the molecule is C#CCCNC(=O)/C=C/c1ccc(OC(C)=O)c(OC(C)=O)c1. The lowest BCUT2D eigenvalue weighted by atomic mass is 10.2. The molecule has 23 heavy (non-hydrogen) atoms. The van der Waals surface area contributed by atoms with Crippen LogP contribution >= 0.6 is 0 Å². The Morgan fingerprint density at radius 2 is 1.83 bits per heavy atom. The maximum atomic E-state index is 11.5. The second kappa shape index (κ2) is 9.05. The minimum absolute atomic E-state index is 0.0996. The number of hydrogen-bond donors (Lipinski definition) is 1. The Balaban J connectivity index is 2.87. The van der Waals surface area contributed by atoms with Crippen LogP contribution in [0.5, 0.6) is 11.5 Å². The molecule has 0 bridgehead atoms. The quantitative estimate of drug-likeness (QED) is 0.284. The summed E-state index contributed by atoms with van der Waals surface area (Å²) in [5.74, 6) is 1.27. The van der Waals surface area contributed by atoms with Crippen LogP contribution in [-0.4, -0.2) is 24.4 Å². The fourth-order valence-corrected chi connectivity index (χ4v) is 1.59. The van der Waals surface area contributed by atoms with Crippen LogP contribution in [0.3, 0.4) is 0 Å². The Labute approximate surface area is 134 Å². The monoisotopic (exact) mass is 315 g/mol. The number of hydrogen-bond acceptors (Lipinski definition) is 5. The molecule has 0 spiro atoms. The number of carbonyl (C=O) groups is 3. The number of ether oxygens (including phenoxy) is 2. The van der Waals surface area contributed by atoms with Gasteiger partial charge in [-0.05, 0) is 23.8 Å². The summed E-state index contributed by atoms with van der Waals surface area (Å²) in [4.78, 5) is 33.7. The summed E-state index contributed by atoms with van der Waals surface area (Å²) in [6.07, 6.45) is 8.41. The minimum atomic E-state index is -0.549. The number of carbonyl (C=O) groups excluding carboxylic acids is 3. The van der Waals surface area contributed by atoms with Crippen molar-refractivity contribution in [1.29, 1.82) is 0 Å². The Kier molecular flexibility index (Phi) is 7.08. The molecule has 1 amide bonds. The third-order valence-electron chi connectivity index (χ3n) is 2.47. The van der Waals surface area contributed by atoms with Crippen LogP contribution in [0.1, 0.15) is 25.8 Å². The molecule has 0 saturated heterocycles. The van der Waals surface area contributed by atoms with Crippen molar-refractivity contribution in [2.24, 2.45) is 0 Å². The zero-order valence-corrected chi connectivity index (χ0v) is 12.9. The second-order valence-corrected chi connectivity index (χ2v) is 4.47. The summed E-state index contributed by atoms with van der Waals surface area (Å²) in [5, 5.41) is 2.62. The van der Waals surface area contributed by atoms with Crippen LogP contribution < -0.4 is 14.8 Å². The summed E-state index contributed by atoms with van der Waals surface area (Å²) in [6, 6.07) is 4.59. The van der Waals surface area contributed by atoms with E-state index in [4.69, 9.17) is 15.9 Å². The highest BCUT2D eigenvalue weighted by Gasteiger charge is 2.10. The highest BCUT2D eigenvalue weighted by molar-refractivity contribution is 5.91. The number of esters is 2. The van der Waals surface area contributed by atoms with Crippen LogP contribution in [0.15, 0.2) is 24.3 Å². The Morgan fingerprint density at radius 1 is 1.17 bits per heavy atom. The summed E-state index contributed by atoms with van der Waals surface area (Å²) in [6.45, 7) is 2.87. The van der Waals surface area contributed by atoms with E-state index in [0.717, 1.165) is 0 Å². The van der Waals surface area contributed by atoms with Crippen molar-refractivity contribution < 1.29 is 23.9 Å². The molecular weight excluding hydrogens is 298 g/mol. The minimum Gasteiger partial charge on any atom is -0.423 e. The molecule has 0 heterocycles. The van der Waals surface area contributed by atoms with Gasteiger partial charge in [0.2, 0.25) is 5.91 Å². The van der Waals surface area contributed by atoms with Crippen molar-refractivity contribution in [2.45, 2.75) is 20.3 Å². The molecule has 6 nitrogen and oxygen atoms in total. The average molecular weight is 315 g/mol. The average Bonchev–Trinajstić information content (AvgIpc) is 2.46. The van der Waals surface area contributed by atoms with E-state index in [1.165, 1.54) is 38.1 Å². The first-order valence-electron chi connectivity index (χ1n) is 6.82. The molecule has 120 valence electrons. The smallest absolute Gasteiger partial charge is 0.308 e. The zero-order chi connectivity index (χ0) is 17.2. The van der Waals surface area contributed by atoms with Crippen molar-refractivity contribution in [1.82, 2.24) is 5.32 Å². The summed E-state index contributed by atoms with van der Waals surface area (Å²) in [7, 11) is 0. The number of terminal acetylenes is 1. The number of rotatable bonds is 6. The normalized spacial score (nSPS) is 9.96. The third-order valence-corrected chi connectivity index (χ3v) is 2.47. The van der Waals surface area contributed by atoms with Crippen LogP contribution in [-0.2, 0) is 14.4 Å². The van der Waals surface area contributed by atoms with Gasteiger partial charge in [0.25, 0.3) is 0 Å². The van der Waals surface area contributed by atoms with Gasteiger partial charge in [0.1, 0.15) is 0 Å². The van der Waals surface area contributed by atoms with Crippen molar-refractivity contribution in [3.8, 4) is 23.8 Å². The van der Waals surface area contributed by atoms with Crippen LogP contribution in [0.2, 0.25) is 0 Å². The third kappa shape index (κ3) is 6.96. The van der Waals surface area contributed by atoms with Crippen molar-refractivity contribution in [2.75, 3.05) is 6.54 Å². The second-order valence-electron chi connectivity index (χ2n) is 4.47. The van der Waals surface area contributed by atoms with E-state index in [-0.39, 0.29) is 17.4 Å². The Morgan fingerprint density at radius 3 is 2.43 bits per heavy atom. The number of nitrogens with one attached hydrogen (secondary N) is 1. The van der Waals surface area contributed by atoms with Gasteiger partial charge in [-0.2, -0.15) is 0 Å². The predicted molar refractivity (Wildman–Crippen MR) is 84.6 cm³/mol. The van der Waals surface area contributed by atoms with Crippen molar-refractivity contribution in [3.05, 3.63) is 29.8 Å². The Bertz CT molecular complexity index is 670. The highest BCUT2D eigenvalue weighted by atomic mass is 16.6. The van der Waals surface area contributed by atoms with Gasteiger partial charge in [-0.1, -0.05) is 6.07 Å². The van der Waals surface area contributed by atoms with E-state index in [0.29, 0.717) is 18.5 Å². The molecule has 0 atom stereocenters. The fourth-order valence-electron chi connectivity index (χ4n) is 1.59. The lowest BCUT2D eigenvalue weighted by Crippen LogP contribution is -2.21. The van der Waals surface area contributed by atoms with E-state index in [1.54, 1.807) is 6.07 Å². The lowest BCUT2D eigenvalue weighted by molar-refractivity contribution is -0.134. The van der Waals surface area contributed by atoms with Gasteiger partial charge in [-0.15, -0.1) is 12.3 Å². The predicted octanol–water partition coefficient (Wildman–Crippen LogP) is 1.69. The van der Waals surface area contributed by atoms with Gasteiger partial charge in [0.15, 0.2) is 11.5 Å². The zero-order valence-electron chi connectivity index (χ0n) is 12.9. The van der Waals surface area contributed by atoms with E-state index in [9.17, 15) is 14.4 Å². The highest BCUT2D eigenvalue weighted by Crippen LogP contribution is 2.29. The van der Waals surface area contributed by atoms with E-state index >= 15 is 0 Å². The van der Waals surface area contributed by atoms with Gasteiger partial charge in [0.05, 0.1) is 0 Å². The standard InChI is InChI=1S/C17H17NO5/c1-4-5-10-18-17(21)9-7-14-6-8-15(22-12(2)19)16(11-14)23-13(3)20/h1,6-9,11H,5,10H2,2-3H3,(H,18,21)/b9-7+. The Hall–Kier alpha value is -3.07. The molecule has 0 aliphatic carbocycles. The molecule has 1 aromatic rings. The first-order valence-corrected chi connectivity index (χ1v) is 6.82. The summed E-state index contributed by atoms with van der Waals surface area (Å²) in [5.41, 5.74) is 0.601. The number of amides is 1. The fraction of sp³-hybridized carbons (Fsp3) is 0.235. The van der Waals surface area contributed by atoms with Crippen molar-refractivity contribution >= 4 is 23.9 Å². The molecule has 1 aromatic carbocycles. The van der Waals surface area contributed by atoms with Crippen molar-refractivity contribution in [3.63, 3.8) is 0 Å². The van der Waals surface area contributed by atoms with E-state index in [2.05, 4.69) is 11.2 Å². The largest absolute Gasteiger partial charge is 0.423 e. The van der Waals surface area contributed by atoms with Gasteiger partial charge in [-0.25, -0.2) is 0 Å². The van der Waals surface area contributed by atoms with E-state index < -0.39 is 11.9 Å². The molecular formula is C17H17NO5. The van der Waals surface area contributed by atoms with Gasteiger partial charge < -0.3 is 14.8 Å². The number of benzene rings is 1. The first kappa shape index (κ1) is 18.0. The molecule has 1 N–H and O–H groups in total.